The summed E-state index contributed by atoms with van der Waals surface area (Å²) in [6.45, 7) is 7.59. The third-order valence-corrected chi connectivity index (χ3v) is 3.75. The van der Waals surface area contributed by atoms with E-state index in [4.69, 9.17) is 5.26 Å². The van der Waals surface area contributed by atoms with Gasteiger partial charge in [0.25, 0.3) is 0 Å². The number of fused-ring (bicyclic) bond motifs is 1. The molecule has 4 nitrogen and oxygen atoms in total. The molecule has 2 fully saturated rings. The molecule has 2 amide bonds. The molecule has 0 radical (unpaired) electrons. The molecule has 16 heavy (non-hydrogen) atoms. The number of nitriles is 1. The smallest absolute Gasteiger partial charge is 0.233 e. The highest BCUT2D eigenvalue weighted by atomic mass is 16.2. The first kappa shape index (κ1) is 11.1. The van der Waals surface area contributed by atoms with Gasteiger partial charge in [0.2, 0.25) is 11.8 Å². The number of piperidine rings is 1. The van der Waals surface area contributed by atoms with E-state index in [-0.39, 0.29) is 35.6 Å². The van der Waals surface area contributed by atoms with Crippen molar-refractivity contribution in [1.29, 1.82) is 5.26 Å². The average Bonchev–Trinajstić information content (AvgIpc) is 2.65. The molecule has 2 atom stereocenters. The second-order valence-electron chi connectivity index (χ2n) is 6.04. The predicted octanol–water partition coefficient (Wildman–Crippen LogP) is 1.18. The van der Waals surface area contributed by atoms with Gasteiger partial charge in [-0.3, -0.25) is 14.5 Å². The molecular formula is C12H16N2O2. The largest absolute Gasteiger partial charge is 0.280 e. The number of nitrogens with zero attached hydrogens (tertiary/aromatic N) is 2. The van der Waals surface area contributed by atoms with E-state index in [2.05, 4.69) is 6.07 Å². The Kier molecular flexibility index (Phi) is 1.98. The summed E-state index contributed by atoms with van der Waals surface area (Å²) in [6, 6.07) is 2.11. The third kappa shape index (κ3) is 1.27. The van der Waals surface area contributed by atoms with E-state index < -0.39 is 5.41 Å². The summed E-state index contributed by atoms with van der Waals surface area (Å²) in [7, 11) is 0. The van der Waals surface area contributed by atoms with Crippen molar-refractivity contribution in [3.8, 4) is 6.07 Å². The fraction of sp³-hybridized carbons (Fsp3) is 0.750. The molecule has 0 aromatic heterocycles. The lowest BCUT2D eigenvalue weighted by molar-refractivity contribution is -0.144. The van der Waals surface area contributed by atoms with Gasteiger partial charge in [-0.1, -0.05) is 13.8 Å². The Labute approximate surface area is 95.2 Å². The first-order valence-corrected chi connectivity index (χ1v) is 5.49. The molecule has 2 aliphatic rings. The Morgan fingerprint density at radius 2 is 1.75 bits per heavy atom. The van der Waals surface area contributed by atoms with Gasteiger partial charge in [-0.2, -0.15) is 5.26 Å². The van der Waals surface area contributed by atoms with Crippen LogP contribution in [-0.2, 0) is 9.59 Å². The first-order valence-electron chi connectivity index (χ1n) is 5.49. The Morgan fingerprint density at radius 1 is 1.31 bits per heavy atom. The standard InChI is InChI=1S/C12H16N2O2/c1-11(2,5-13)6-14-9(15)7-8(10(14)16)12(7,3)4/h7-8H,6H2,1-4H3. The third-order valence-electron chi connectivity index (χ3n) is 3.75. The molecule has 0 bridgehead atoms. The Hall–Kier alpha value is -1.37. The van der Waals surface area contributed by atoms with Gasteiger partial charge in [-0.25, -0.2) is 0 Å². The molecule has 1 saturated carbocycles. The molecule has 86 valence electrons. The van der Waals surface area contributed by atoms with Crippen LogP contribution in [0.5, 0.6) is 0 Å². The number of carbonyl (C=O) groups excluding carboxylic acids is 2. The van der Waals surface area contributed by atoms with Crippen LogP contribution in [0, 0.1) is 34.0 Å². The SMILES string of the molecule is CC(C)(C#N)CN1C(=O)C2C(C1=O)C2(C)C. The number of hydrogen-bond acceptors (Lipinski definition) is 3. The van der Waals surface area contributed by atoms with Gasteiger partial charge in [-0.05, 0) is 19.3 Å². The lowest BCUT2D eigenvalue weighted by Crippen LogP contribution is -2.41. The lowest BCUT2D eigenvalue weighted by Gasteiger charge is -2.26. The van der Waals surface area contributed by atoms with Gasteiger partial charge in [0.15, 0.2) is 0 Å². The summed E-state index contributed by atoms with van der Waals surface area (Å²) in [5.41, 5.74) is -0.826. The quantitative estimate of drug-likeness (QED) is 0.656. The number of hydrogen-bond donors (Lipinski definition) is 0. The number of amides is 2. The summed E-state index contributed by atoms with van der Waals surface area (Å²) in [5, 5.41) is 8.91. The summed E-state index contributed by atoms with van der Waals surface area (Å²) in [5.74, 6) is -0.476. The maximum Gasteiger partial charge on any atom is 0.233 e. The van der Waals surface area contributed by atoms with Crippen LogP contribution in [0.2, 0.25) is 0 Å². The second-order valence-corrected chi connectivity index (χ2v) is 6.04. The van der Waals surface area contributed by atoms with Crippen LogP contribution in [0.4, 0.5) is 0 Å². The highest BCUT2D eigenvalue weighted by molar-refractivity contribution is 6.10. The van der Waals surface area contributed by atoms with Crippen molar-refractivity contribution in [3.63, 3.8) is 0 Å². The number of rotatable bonds is 2. The van der Waals surface area contributed by atoms with Gasteiger partial charge < -0.3 is 0 Å². The predicted molar refractivity (Wildman–Crippen MR) is 56.9 cm³/mol. The Morgan fingerprint density at radius 3 is 2.12 bits per heavy atom. The Bertz CT molecular complexity index is 393. The van der Waals surface area contributed by atoms with E-state index in [0.717, 1.165) is 0 Å². The molecule has 0 aromatic carbocycles. The molecule has 2 rings (SSSR count). The average molecular weight is 220 g/mol. The maximum absolute atomic E-state index is 12.0. The van der Waals surface area contributed by atoms with Crippen LogP contribution in [0.15, 0.2) is 0 Å². The van der Waals surface area contributed by atoms with Gasteiger partial charge in [0.1, 0.15) is 0 Å². The van der Waals surface area contributed by atoms with Crippen molar-refractivity contribution >= 4 is 11.8 Å². The number of carbonyl (C=O) groups is 2. The normalized spacial score (nSPS) is 31.3. The minimum absolute atomic E-state index is 0.0941. The van der Waals surface area contributed by atoms with Crippen LogP contribution < -0.4 is 0 Å². The zero-order valence-corrected chi connectivity index (χ0v) is 10.1. The summed E-state index contributed by atoms with van der Waals surface area (Å²) in [4.78, 5) is 25.2. The van der Waals surface area contributed by atoms with Crippen LogP contribution in [0.25, 0.3) is 0 Å². The molecule has 1 aliphatic heterocycles. The Balaban J connectivity index is 2.16. The van der Waals surface area contributed by atoms with Crippen molar-refractivity contribution < 1.29 is 9.59 Å². The zero-order valence-electron chi connectivity index (χ0n) is 10.1. The minimum Gasteiger partial charge on any atom is -0.280 e. The van der Waals surface area contributed by atoms with Crippen molar-refractivity contribution in [3.05, 3.63) is 0 Å². The summed E-state index contributed by atoms with van der Waals surface area (Å²) < 4.78 is 0. The second kappa shape index (κ2) is 2.85. The van der Waals surface area contributed by atoms with Crippen molar-refractivity contribution in [1.82, 2.24) is 4.90 Å². The number of likely N-dealkylation sites (tertiary alicyclic amines) is 1. The van der Waals surface area contributed by atoms with E-state index >= 15 is 0 Å². The number of imide groups is 1. The van der Waals surface area contributed by atoms with E-state index in [0.29, 0.717) is 0 Å². The van der Waals surface area contributed by atoms with Gasteiger partial charge in [-0.15, -0.1) is 0 Å². The van der Waals surface area contributed by atoms with Crippen LogP contribution in [0.1, 0.15) is 27.7 Å². The molecule has 1 saturated heterocycles. The molecule has 0 aromatic rings. The van der Waals surface area contributed by atoms with Crippen molar-refractivity contribution in [2.24, 2.45) is 22.7 Å². The topological polar surface area (TPSA) is 61.2 Å². The zero-order chi connectivity index (χ0) is 12.3. The maximum atomic E-state index is 12.0. The van der Waals surface area contributed by atoms with E-state index in [9.17, 15) is 9.59 Å². The molecule has 2 unspecified atom stereocenters. The van der Waals surface area contributed by atoms with Gasteiger partial charge in [0.05, 0.1) is 23.3 Å². The van der Waals surface area contributed by atoms with Crippen molar-refractivity contribution in [2.75, 3.05) is 6.54 Å². The van der Waals surface area contributed by atoms with Gasteiger partial charge >= 0.3 is 0 Å². The molecule has 0 N–H and O–H groups in total. The molecule has 0 spiro atoms. The first-order chi connectivity index (χ1) is 7.22. The van der Waals surface area contributed by atoms with Crippen LogP contribution in [0.3, 0.4) is 0 Å². The highest BCUT2D eigenvalue weighted by Gasteiger charge is 2.72. The fourth-order valence-electron chi connectivity index (χ4n) is 2.59. The minimum atomic E-state index is -0.660. The lowest BCUT2D eigenvalue weighted by atomic mass is 9.94. The highest BCUT2D eigenvalue weighted by Crippen LogP contribution is 2.63. The summed E-state index contributed by atoms with van der Waals surface area (Å²) in [6.07, 6.45) is 0. The fourth-order valence-corrected chi connectivity index (χ4v) is 2.59. The van der Waals surface area contributed by atoms with E-state index in [1.165, 1.54) is 4.90 Å². The van der Waals surface area contributed by atoms with E-state index in [1.807, 2.05) is 13.8 Å². The molecular weight excluding hydrogens is 204 g/mol. The van der Waals surface area contributed by atoms with Crippen LogP contribution >= 0.6 is 0 Å². The van der Waals surface area contributed by atoms with Gasteiger partial charge in [0, 0.05) is 6.54 Å². The monoisotopic (exact) mass is 220 g/mol. The molecule has 4 heteroatoms. The summed E-state index contributed by atoms with van der Waals surface area (Å²) >= 11 is 0. The van der Waals surface area contributed by atoms with E-state index in [1.54, 1.807) is 13.8 Å². The molecule has 1 aliphatic carbocycles. The van der Waals surface area contributed by atoms with Crippen LogP contribution in [-0.4, -0.2) is 23.3 Å². The van der Waals surface area contributed by atoms with Crippen molar-refractivity contribution in [2.45, 2.75) is 27.7 Å². The molecule has 1 heterocycles.